The van der Waals surface area contributed by atoms with Gasteiger partial charge in [0.05, 0.1) is 11.3 Å². The Bertz CT molecular complexity index is 534. The molecule has 21 heavy (non-hydrogen) atoms. The Morgan fingerprint density at radius 3 is 2.52 bits per heavy atom. The van der Waals surface area contributed by atoms with Crippen molar-refractivity contribution in [2.45, 2.75) is 39.5 Å². The number of carboxylic acids is 1. The van der Waals surface area contributed by atoms with Crippen molar-refractivity contribution in [2.75, 3.05) is 6.54 Å². The van der Waals surface area contributed by atoms with E-state index in [1.165, 1.54) is 25.0 Å². The first-order valence-corrected chi connectivity index (χ1v) is 7.46. The molecule has 0 aliphatic heterocycles. The number of hydrogen-bond donors (Lipinski definition) is 2. The lowest BCUT2D eigenvalue weighted by atomic mass is 9.83. The fourth-order valence-corrected chi connectivity index (χ4v) is 2.77. The Hall–Kier alpha value is -1.91. The predicted octanol–water partition coefficient (Wildman–Crippen LogP) is 2.64. The van der Waals surface area contributed by atoms with Crippen molar-refractivity contribution in [2.24, 2.45) is 11.8 Å². The van der Waals surface area contributed by atoms with E-state index in [1.54, 1.807) is 6.92 Å². The zero-order chi connectivity index (χ0) is 15.4. The molecule has 1 saturated carbocycles. The van der Waals surface area contributed by atoms with E-state index in [2.05, 4.69) is 17.2 Å². The van der Waals surface area contributed by atoms with Crippen LogP contribution in [-0.2, 0) is 0 Å². The van der Waals surface area contributed by atoms with Crippen molar-refractivity contribution in [1.29, 1.82) is 0 Å². The van der Waals surface area contributed by atoms with Gasteiger partial charge in [-0.05, 0) is 43.7 Å². The number of carbonyl (C=O) groups is 2. The molecule has 114 valence electrons. The third kappa shape index (κ3) is 4.03. The van der Waals surface area contributed by atoms with Crippen LogP contribution in [-0.4, -0.2) is 28.5 Å². The molecule has 2 rings (SSSR count). The molecular formula is C16H22N2O3. The van der Waals surface area contributed by atoms with Gasteiger partial charge in [0.25, 0.3) is 5.91 Å². The molecular weight excluding hydrogens is 268 g/mol. The number of aryl methyl sites for hydroxylation is 1. The van der Waals surface area contributed by atoms with E-state index in [0.29, 0.717) is 18.2 Å². The average molecular weight is 290 g/mol. The van der Waals surface area contributed by atoms with Crippen LogP contribution in [0, 0.1) is 18.8 Å². The number of aromatic nitrogens is 1. The molecule has 1 aromatic rings. The van der Waals surface area contributed by atoms with Gasteiger partial charge in [0, 0.05) is 6.54 Å². The monoisotopic (exact) mass is 290 g/mol. The topological polar surface area (TPSA) is 79.3 Å². The summed E-state index contributed by atoms with van der Waals surface area (Å²) in [6.45, 7) is 4.54. The Morgan fingerprint density at radius 1 is 1.29 bits per heavy atom. The van der Waals surface area contributed by atoms with Crippen LogP contribution in [0.15, 0.2) is 12.1 Å². The van der Waals surface area contributed by atoms with E-state index in [-0.39, 0.29) is 17.2 Å². The Labute approximate surface area is 124 Å². The summed E-state index contributed by atoms with van der Waals surface area (Å²) in [7, 11) is 0. The summed E-state index contributed by atoms with van der Waals surface area (Å²) in [5.41, 5.74) is 0.774. The number of nitrogens with zero attached hydrogens (tertiary/aromatic N) is 1. The van der Waals surface area contributed by atoms with Crippen LogP contribution >= 0.6 is 0 Å². The molecule has 0 unspecified atom stereocenters. The third-order valence-corrected chi connectivity index (χ3v) is 4.24. The SMILES string of the molecule is Cc1nc(C(=O)NCC2CCC(C)CC2)ccc1C(=O)O. The molecule has 1 amide bonds. The van der Waals surface area contributed by atoms with Gasteiger partial charge in [-0.1, -0.05) is 19.8 Å². The Balaban J connectivity index is 1.91. The summed E-state index contributed by atoms with van der Waals surface area (Å²) in [6.07, 6.45) is 4.77. The van der Waals surface area contributed by atoms with E-state index in [9.17, 15) is 9.59 Å². The van der Waals surface area contributed by atoms with Crippen molar-refractivity contribution >= 4 is 11.9 Å². The number of aromatic carboxylic acids is 1. The minimum Gasteiger partial charge on any atom is -0.478 e. The van der Waals surface area contributed by atoms with E-state index >= 15 is 0 Å². The smallest absolute Gasteiger partial charge is 0.337 e. The maximum atomic E-state index is 12.1. The lowest BCUT2D eigenvalue weighted by molar-refractivity contribution is 0.0694. The van der Waals surface area contributed by atoms with E-state index in [4.69, 9.17) is 5.11 Å². The molecule has 0 atom stereocenters. The summed E-state index contributed by atoms with van der Waals surface area (Å²) in [5, 5.41) is 11.9. The standard InChI is InChI=1S/C16H22N2O3/c1-10-3-5-12(6-4-10)9-17-15(19)14-8-7-13(16(20)21)11(2)18-14/h7-8,10,12H,3-6,9H2,1-2H3,(H,17,19)(H,20,21). The zero-order valence-electron chi connectivity index (χ0n) is 12.6. The van der Waals surface area contributed by atoms with Crippen LogP contribution < -0.4 is 5.32 Å². The Morgan fingerprint density at radius 2 is 1.95 bits per heavy atom. The van der Waals surface area contributed by atoms with Crippen molar-refractivity contribution in [3.63, 3.8) is 0 Å². The lowest BCUT2D eigenvalue weighted by Gasteiger charge is -2.26. The van der Waals surface area contributed by atoms with Crippen molar-refractivity contribution in [1.82, 2.24) is 10.3 Å². The quantitative estimate of drug-likeness (QED) is 0.893. The van der Waals surface area contributed by atoms with Crippen LogP contribution in [0.25, 0.3) is 0 Å². The molecule has 0 radical (unpaired) electrons. The second-order valence-corrected chi connectivity index (χ2v) is 5.97. The summed E-state index contributed by atoms with van der Waals surface area (Å²) in [4.78, 5) is 27.1. The normalized spacial score (nSPS) is 21.8. The molecule has 1 fully saturated rings. The van der Waals surface area contributed by atoms with Crippen LogP contribution in [0.2, 0.25) is 0 Å². The minimum atomic E-state index is -1.02. The molecule has 0 spiro atoms. The van der Waals surface area contributed by atoms with Gasteiger partial charge >= 0.3 is 5.97 Å². The fourth-order valence-electron chi connectivity index (χ4n) is 2.77. The van der Waals surface area contributed by atoms with Gasteiger partial charge in [-0.2, -0.15) is 0 Å². The molecule has 2 N–H and O–H groups in total. The lowest BCUT2D eigenvalue weighted by Crippen LogP contribution is -2.31. The molecule has 1 aromatic heterocycles. The van der Waals surface area contributed by atoms with E-state index in [0.717, 1.165) is 18.8 Å². The number of amides is 1. The van der Waals surface area contributed by atoms with Gasteiger partial charge in [0.15, 0.2) is 0 Å². The van der Waals surface area contributed by atoms with Crippen LogP contribution in [0.4, 0.5) is 0 Å². The van der Waals surface area contributed by atoms with Gasteiger partial charge in [-0.3, -0.25) is 4.79 Å². The van der Waals surface area contributed by atoms with E-state index in [1.807, 2.05) is 0 Å². The zero-order valence-corrected chi connectivity index (χ0v) is 12.6. The third-order valence-electron chi connectivity index (χ3n) is 4.24. The molecule has 0 aromatic carbocycles. The molecule has 0 bridgehead atoms. The van der Waals surface area contributed by atoms with Gasteiger partial charge in [-0.25, -0.2) is 9.78 Å². The highest BCUT2D eigenvalue weighted by Crippen LogP contribution is 2.27. The first-order chi connectivity index (χ1) is 9.97. The number of carboxylic acid groups (broad SMARTS) is 1. The van der Waals surface area contributed by atoms with E-state index < -0.39 is 5.97 Å². The first-order valence-electron chi connectivity index (χ1n) is 7.46. The minimum absolute atomic E-state index is 0.132. The first kappa shape index (κ1) is 15.5. The summed E-state index contributed by atoms with van der Waals surface area (Å²) < 4.78 is 0. The maximum Gasteiger partial charge on any atom is 0.337 e. The number of nitrogens with one attached hydrogen (secondary N) is 1. The number of carbonyl (C=O) groups excluding carboxylic acids is 1. The van der Waals surface area contributed by atoms with Crippen molar-refractivity contribution in [3.05, 3.63) is 29.1 Å². The largest absolute Gasteiger partial charge is 0.478 e. The summed E-state index contributed by atoms with van der Waals surface area (Å²) in [6, 6.07) is 2.90. The molecule has 1 aliphatic carbocycles. The van der Waals surface area contributed by atoms with Crippen LogP contribution in [0.3, 0.4) is 0 Å². The average Bonchev–Trinajstić information content (AvgIpc) is 2.45. The molecule has 1 heterocycles. The van der Waals surface area contributed by atoms with Gasteiger partial charge < -0.3 is 10.4 Å². The highest BCUT2D eigenvalue weighted by Gasteiger charge is 2.19. The molecule has 5 heteroatoms. The van der Waals surface area contributed by atoms with Crippen LogP contribution in [0.5, 0.6) is 0 Å². The molecule has 5 nitrogen and oxygen atoms in total. The fraction of sp³-hybridized carbons (Fsp3) is 0.562. The number of hydrogen-bond acceptors (Lipinski definition) is 3. The molecule has 1 aliphatic rings. The van der Waals surface area contributed by atoms with Crippen molar-refractivity contribution in [3.8, 4) is 0 Å². The number of rotatable bonds is 4. The summed E-state index contributed by atoms with van der Waals surface area (Å²) >= 11 is 0. The molecule has 0 saturated heterocycles. The second-order valence-electron chi connectivity index (χ2n) is 5.97. The van der Waals surface area contributed by atoms with Gasteiger partial charge in [0.1, 0.15) is 5.69 Å². The van der Waals surface area contributed by atoms with Gasteiger partial charge in [0.2, 0.25) is 0 Å². The highest BCUT2D eigenvalue weighted by molar-refractivity contribution is 5.94. The highest BCUT2D eigenvalue weighted by atomic mass is 16.4. The predicted molar refractivity (Wildman–Crippen MR) is 79.4 cm³/mol. The van der Waals surface area contributed by atoms with Crippen LogP contribution in [0.1, 0.15) is 59.1 Å². The Kier molecular flexibility index (Phi) is 4.94. The van der Waals surface area contributed by atoms with Gasteiger partial charge in [-0.15, -0.1) is 0 Å². The second kappa shape index (κ2) is 6.70. The summed E-state index contributed by atoms with van der Waals surface area (Å²) in [5.74, 6) is 0.0892. The maximum absolute atomic E-state index is 12.1. The van der Waals surface area contributed by atoms with Crippen molar-refractivity contribution < 1.29 is 14.7 Å². The number of pyridine rings is 1.